The van der Waals surface area contributed by atoms with Crippen LogP contribution in [-0.4, -0.2) is 44.7 Å². The van der Waals surface area contributed by atoms with Gasteiger partial charge < -0.3 is 15.2 Å². The van der Waals surface area contributed by atoms with Crippen molar-refractivity contribution < 1.29 is 18.3 Å². The van der Waals surface area contributed by atoms with Gasteiger partial charge in [0, 0.05) is 12.6 Å². The van der Waals surface area contributed by atoms with Gasteiger partial charge in [-0.05, 0) is 24.7 Å². The molecular formula is C13H18F2N2O2. The van der Waals surface area contributed by atoms with E-state index in [1.54, 1.807) is 13.1 Å². The van der Waals surface area contributed by atoms with Crippen molar-refractivity contribution in [3.05, 3.63) is 23.8 Å². The molecule has 0 saturated carbocycles. The number of rotatable bonds is 5. The van der Waals surface area contributed by atoms with Gasteiger partial charge in [0.25, 0.3) is 6.43 Å². The largest absolute Gasteiger partial charge is 0.486 e. The number of likely N-dealkylation sites (N-methyl/N-ethyl adjacent to an activating group) is 1. The van der Waals surface area contributed by atoms with Crippen LogP contribution < -0.4 is 15.2 Å². The molecular weight excluding hydrogens is 254 g/mol. The van der Waals surface area contributed by atoms with Gasteiger partial charge in [0.1, 0.15) is 13.2 Å². The standard InChI is InChI=1S/C13H18F2N2O2/c1-17(8-13(14)15)7-10(16)9-2-3-11-12(6-9)19-5-4-18-11/h2-3,6,10,13H,4-5,7-8,16H2,1H3. The van der Waals surface area contributed by atoms with Crippen LogP contribution in [0.4, 0.5) is 8.78 Å². The quantitative estimate of drug-likeness (QED) is 0.885. The first-order valence-corrected chi connectivity index (χ1v) is 6.18. The molecule has 1 heterocycles. The van der Waals surface area contributed by atoms with Gasteiger partial charge in [-0.1, -0.05) is 6.07 Å². The number of nitrogens with two attached hydrogens (primary N) is 1. The molecule has 1 aliphatic rings. The van der Waals surface area contributed by atoms with Crippen LogP contribution in [0, 0.1) is 0 Å². The first kappa shape index (κ1) is 14.0. The van der Waals surface area contributed by atoms with Crippen LogP contribution in [0.2, 0.25) is 0 Å². The van der Waals surface area contributed by atoms with E-state index in [0.717, 1.165) is 5.56 Å². The van der Waals surface area contributed by atoms with Crippen molar-refractivity contribution in [2.75, 3.05) is 33.4 Å². The lowest BCUT2D eigenvalue weighted by Gasteiger charge is -2.23. The third-order valence-electron chi connectivity index (χ3n) is 2.95. The van der Waals surface area contributed by atoms with E-state index in [1.807, 2.05) is 12.1 Å². The molecule has 1 unspecified atom stereocenters. The molecule has 2 N–H and O–H groups in total. The molecule has 0 spiro atoms. The van der Waals surface area contributed by atoms with Crippen molar-refractivity contribution in [1.29, 1.82) is 0 Å². The second kappa shape index (κ2) is 6.16. The van der Waals surface area contributed by atoms with Gasteiger partial charge in [0.2, 0.25) is 0 Å². The van der Waals surface area contributed by atoms with E-state index in [2.05, 4.69) is 0 Å². The SMILES string of the molecule is CN(CC(F)F)CC(N)c1ccc2c(c1)OCCO2. The Hall–Kier alpha value is -1.40. The second-order valence-electron chi connectivity index (χ2n) is 4.62. The van der Waals surface area contributed by atoms with E-state index in [4.69, 9.17) is 15.2 Å². The molecule has 0 aliphatic carbocycles. The fraction of sp³-hybridized carbons (Fsp3) is 0.538. The number of hydrogen-bond donors (Lipinski definition) is 1. The molecule has 1 atom stereocenters. The summed E-state index contributed by atoms with van der Waals surface area (Å²) in [5.41, 5.74) is 6.87. The van der Waals surface area contributed by atoms with Crippen LogP contribution in [0.5, 0.6) is 11.5 Å². The van der Waals surface area contributed by atoms with Crippen molar-refractivity contribution in [3.8, 4) is 11.5 Å². The summed E-state index contributed by atoms with van der Waals surface area (Å²) < 4.78 is 35.4. The highest BCUT2D eigenvalue weighted by Gasteiger charge is 2.17. The first-order chi connectivity index (χ1) is 9.06. The summed E-state index contributed by atoms with van der Waals surface area (Å²) in [6.07, 6.45) is -2.35. The van der Waals surface area contributed by atoms with Crippen LogP contribution >= 0.6 is 0 Å². The van der Waals surface area contributed by atoms with E-state index in [9.17, 15) is 8.78 Å². The normalized spacial score (nSPS) is 15.9. The predicted octanol–water partition coefficient (Wildman–Crippen LogP) is 1.65. The highest BCUT2D eigenvalue weighted by molar-refractivity contribution is 5.44. The number of fused-ring (bicyclic) bond motifs is 1. The Bertz CT molecular complexity index is 429. The minimum atomic E-state index is -2.35. The predicted molar refractivity (Wildman–Crippen MR) is 67.9 cm³/mol. The number of halogens is 2. The molecule has 0 radical (unpaired) electrons. The van der Waals surface area contributed by atoms with Crippen LogP contribution in [0.25, 0.3) is 0 Å². The van der Waals surface area contributed by atoms with Gasteiger partial charge in [0.15, 0.2) is 11.5 Å². The van der Waals surface area contributed by atoms with Gasteiger partial charge in [-0.25, -0.2) is 8.78 Å². The molecule has 2 rings (SSSR count). The second-order valence-corrected chi connectivity index (χ2v) is 4.62. The van der Waals surface area contributed by atoms with E-state index < -0.39 is 6.43 Å². The van der Waals surface area contributed by atoms with Crippen molar-refractivity contribution >= 4 is 0 Å². The molecule has 19 heavy (non-hydrogen) atoms. The summed E-state index contributed by atoms with van der Waals surface area (Å²) in [6, 6.07) is 5.13. The molecule has 1 aromatic carbocycles. The molecule has 0 bridgehead atoms. The lowest BCUT2D eigenvalue weighted by atomic mass is 10.1. The Labute approximate surface area is 111 Å². The monoisotopic (exact) mass is 272 g/mol. The van der Waals surface area contributed by atoms with Crippen LogP contribution in [0.15, 0.2) is 18.2 Å². The zero-order valence-corrected chi connectivity index (χ0v) is 10.8. The van der Waals surface area contributed by atoms with Gasteiger partial charge >= 0.3 is 0 Å². The van der Waals surface area contributed by atoms with Gasteiger partial charge in [0.05, 0.1) is 6.54 Å². The van der Waals surface area contributed by atoms with Crippen molar-refractivity contribution in [3.63, 3.8) is 0 Å². The molecule has 6 heteroatoms. The number of alkyl halides is 2. The zero-order chi connectivity index (χ0) is 13.8. The van der Waals surface area contributed by atoms with E-state index in [-0.39, 0.29) is 12.6 Å². The summed E-state index contributed by atoms with van der Waals surface area (Å²) in [4.78, 5) is 1.52. The van der Waals surface area contributed by atoms with Crippen LogP contribution in [0.1, 0.15) is 11.6 Å². The highest BCUT2D eigenvalue weighted by atomic mass is 19.3. The Morgan fingerprint density at radius 2 is 1.89 bits per heavy atom. The fourth-order valence-corrected chi connectivity index (χ4v) is 2.04. The topological polar surface area (TPSA) is 47.7 Å². The lowest BCUT2D eigenvalue weighted by molar-refractivity contribution is 0.0978. The molecule has 0 amide bonds. The maximum atomic E-state index is 12.2. The van der Waals surface area contributed by atoms with E-state index in [0.29, 0.717) is 31.3 Å². The van der Waals surface area contributed by atoms with Gasteiger partial charge in [-0.2, -0.15) is 0 Å². The molecule has 4 nitrogen and oxygen atoms in total. The van der Waals surface area contributed by atoms with Gasteiger partial charge in [-0.3, -0.25) is 4.90 Å². The number of nitrogens with zero attached hydrogens (tertiary/aromatic N) is 1. The Balaban J connectivity index is 2.00. The lowest BCUT2D eigenvalue weighted by Crippen LogP contribution is -2.32. The summed E-state index contributed by atoms with van der Waals surface area (Å²) in [5.74, 6) is 1.36. The number of ether oxygens (including phenoxy) is 2. The third-order valence-corrected chi connectivity index (χ3v) is 2.95. The Morgan fingerprint density at radius 3 is 2.58 bits per heavy atom. The van der Waals surface area contributed by atoms with Crippen molar-refractivity contribution in [2.45, 2.75) is 12.5 Å². The molecule has 0 saturated heterocycles. The summed E-state index contributed by atoms with van der Waals surface area (Å²) in [5, 5.41) is 0. The van der Waals surface area contributed by atoms with Crippen LogP contribution in [-0.2, 0) is 0 Å². The summed E-state index contributed by atoms with van der Waals surface area (Å²) >= 11 is 0. The van der Waals surface area contributed by atoms with E-state index in [1.165, 1.54) is 4.90 Å². The Kier molecular flexibility index (Phi) is 4.55. The van der Waals surface area contributed by atoms with E-state index >= 15 is 0 Å². The molecule has 106 valence electrons. The van der Waals surface area contributed by atoms with Crippen molar-refractivity contribution in [2.24, 2.45) is 5.73 Å². The minimum Gasteiger partial charge on any atom is -0.486 e. The first-order valence-electron chi connectivity index (χ1n) is 6.18. The zero-order valence-electron chi connectivity index (χ0n) is 10.8. The maximum absolute atomic E-state index is 12.2. The average Bonchev–Trinajstić information content (AvgIpc) is 2.37. The summed E-state index contributed by atoms with van der Waals surface area (Å²) in [6.45, 7) is 1.13. The van der Waals surface area contributed by atoms with Crippen LogP contribution in [0.3, 0.4) is 0 Å². The third kappa shape index (κ3) is 3.78. The molecule has 1 aromatic rings. The average molecular weight is 272 g/mol. The molecule has 1 aliphatic heterocycles. The summed E-state index contributed by atoms with van der Waals surface area (Å²) in [7, 11) is 1.63. The maximum Gasteiger partial charge on any atom is 0.251 e. The highest BCUT2D eigenvalue weighted by Crippen LogP contribution is 2.32. The number of benzene rings is 1. The minimum absolute atomic E-state index is 0.280. The van der Waals surface area contributed by atoms with Crippen molar-refractivity contribution in [1.82, 2.24) is 4.90 Å². The fourth-order valence-electron chi connectivity index (χ4n) is 2.04. The smallest absolute Gasteiger partial charge is 0.251 e. The molecule has 0 fully saturated rings. The number of hydrogen-bond acceptors (Lipinski definition) is 4. The van der Waals surface area contributed by atoms with Gasteiger partial charge in [-0.15, -0.1) is 0 Å². The Morgan fingerprint density at radius 1 is 1.21 bits per heavy atom. The molecule has 0 aromatic heterocycles.